The molecule has 0 spiro atoms. The highest BCUT2D eigenvalue weighted by Crippen LogP contribution is 2.42. The number of aromatic carboxylic acids is 1. The maximum absolute atomic E-state index is 15.0. The summed E-state index contributed by atoms with van der Waals surface area (Å²) < 4.78 is 22.6. The third-order valence-electron chi connectivity index (χ3n) is 8.68. The Hall–Kier alpha value is -4.19. The van der Waals surface area contributed by atoms with Gasteiger partial charge in [-0.05, 0) is 45.0 Å². The SMILES string of the molecule is CC[C@@H](CO)NCCN[C@@H](CC)CO.C[C@H]1COc2c(N3CCN(C)CC3)c(F)cc3c(=O)c(C(=O)O)cn1c23.NNC(=O)c1ccncc1. The summed E-state index contributed by atoms with van der Waals surface area (Å²) in [5.41, 5.74) is 2.30. The first-order chi connectivity index (χ1) is 24.0. The number of hydrogen-bond acceptors (Lipinski definition) is 12. The van der Waals surface area contributed by atoms with E-state index in [1.807, 2.05) is 38.1 Å². The van der Waals surface area contributed by atoms with E-state index in [4.69, 9.17) is 20.8 Å². The summed E-state index contributed by atoms with van der Waals surface area (Å²) in [5, 5.41) is 33.6. The third kappa shape index (κ3) is 10.4. The summed E-state index contributed by atoms with van der Waals surface area (Å²) >= 11 is 0. The Bertz CT molecular complexity index is 1580. The molecule has 3 aromatic rings. The number of likely N-dealkylation sites (N-methyl/N-ethyl adjacent to an activating group) is 1. The maximum Gasteiger partial charge on any atom is 0.341 e. The number of rotatable bonds is 12. The zero-order chi connectivity index (χ0) is 36.8. The number of pyridine rings is 2. The molecule has 0 saturated carbocycles. The van der Waals surface area contributed by atoms with Crippen LogP contribution in [0.4, 0.5) is 10.1 Å². The van der Waals surface area contributed by atoms with Gasteiger partial charge in [0.25, 0.3) is 5.91 Å². The number of carbonyl (C=O) groups is 2. The van der Waals surface area contributed by atoms with Crippen LogP contribution in [0.2, 0.25) is 0 Å². The fourth-order valence-corrected chi connectivity index (χ4v) is 5.50. The van der Waals surface area contributed by atoms with Crippen molar-refractivity contribution in [3.8, 4) is 5.75 Å². The summed E-state index contributed by atoms with van der Waals surface area (Å²) in [6, 6.07) is 4.57. The molecule has 0 radical (unpaired) electrons. The molecule has 4 heterocycles. The minimum absolute atomic E-state index is 0.0434. The average Bonchev–Trinajstić information content (AvgIpc) is 3.13. The van der Waals surface area contributed by atoms with E-state index < -0.39 is 17.2 Å². The number of aromatic nitrogens is 2. The highest BCUT2D eigenvalue weighted by atomic mass is 19.1. The number of ether oxygens (including phenoxy) is 1. The van der Waals surface area contributed by atoms with Gasteiger partial charge in [0.1, 0.15) is 17.9 Å². The van der Waals surface area contributed by atoms with Gasteiger partial charge in [-0.1, -0.05) is 13.8 Å². The minimum Gasteiger partial charge on any atom is -0.487 e. The molecule has 0 bridgehead atoms. The molecule has 1 fully saturated rings. The topological polar surface area (TPSA) is 208 Å². The lowest BCUT2D eigenvalue weighted by molar-refractivity contribution is 0.0694. The first kappa shape index (κ1) is 40.2. The highest BCUT2D eigenvalue weighted by Gasteiger charge is 2.31. The molecular weight excluding hydrogens is 651 g/mol. The van der Waals surface area contributed by atoms with Gasteiger partial charge in [0, 0.05) is 75.5 Å². The highest BCUT2D eigenvalue weighted by molar-refractivity contribution is 5.97. The van der Waals surface area contributed by atoms with E-state index >= 15 is 0 Å². The molecule has 2 aromatic heterocycles. The van der Waals surface area contributed by atoms with E-state index in [0.717, 1.165) is 45.1 Å². The van der Waals surface area contributed by atoms with Gasteiger partial charge in [-0.3, -0.25) is 20.0 Å². The van der Waals surface area contributed by atoms with Gasteiger partial charge in [0.2, 0.25) is 5.43 Å². The number of hydrogen-bond donors (Lipinski definition) is 7. The van der Waals surface area contributed by atoms with Crippen molar-refractivity contribution in [1.29, 1.82) is 0 Å². The number of nitrogens with two attached hydrogens (primary N) is 1. The van der Waals surface area contributed by atoms with Gasteiger partial charge < -0.3 is 45.1 Å². The van der Waals surface area contributed by atoms with Gasteiger partial charge in [-0.15, -0.1) is 0 Å². The Kier molecular flexibility index (Phi) is 16.0. The van der Waals surface area contributed by atoms with Crippen LogP contribution >= 0.6 is 0 Å². The van der Waals surface area contributed by atoms with Gasteiger partial charge in [-0.25, -0.2) is 15.0 Å². The van der Waals surface area contributed by atoms with Crippen LogP contribution in [-0.2, 0) is 0 Å². The Morgan fingerprint density at radius 1 is 1.06 bits per heavy atom. The molecule has 276 valence electrons. The number of nitrogens with zero attached hydrogens (tertiary/aromatic N) is 4. The summed E-state index contributed by atoms with van der Waals surface area (Å²) in [7, 11) is 2.02. The molecule has 2 aliphatic heterocycles. The van der Waals surface area contributed by atoms with Crippen LogP contribution in [0.5, 0.6) is 5.75 Å². The molecule has 16 heteroatoms. The molecule has 1 saturated heterocycles. The number of anilines is 1. The number of hydrazine groups is 1. The number of aliphatic hydroxyl groups excluding tert-OH is 2. The molecule has 15 nitrogen and oxygen atoms in total. The lowest BCUT2D eigenvalue weighted by Gasteiger charge is -2.37. The number of carboxylic acid groups (broad SMARTS) is 1. The standard InChI is InChI=1S/C18H20FN3O4.C10H24N2O2.C6H7N3O/c1-10-9-26-17-14-11(16(23)12(18(24)25)8-22(10)14)7-13(19)15(17)21-5-3-20(2)4-6-21;1-3-9(7-13)11-5-6-12-10(4-2)8-14;7-9-6(10)5-1-3-8-4-2-5/h7-8,10H,3-6,9H2,1-2H3,(H,24,25);9-14H,3-8H2,1-2H3;1-4H,7H2,(H,9,10)/t10-;9-,10-;/m00./s1. The Morgan fingerprint density at radius 3 is 2.14 bits per heavy atom. The quantitative estimate of drug-likeness (QED) is 0.0608. The van der Waals surface area contributed by atoms with Crippen LogP contribution in [0.3, 0.4) is 0 Å². The predicted octanol–water partition coefficient (Wildman–Crippen LogP) is 0.937. The van der Waals surface area contributed by atoms with Crippen molar-refractivity contribution < 1.29 is 34.0 Å². The lowest BCUT2D eigenvalue weighted by atomic mass is 10.1. The van der Waals surface area contributed by atoms with E-state index in [2.05, 4.69) is 20.5 Å². The van der Waals surface area contributed by atoms with Crippen LogP contribution < -0.4 is 37.0 Å². The van der Waals surface area contributed by atoms with Gasteiger partial charge in [0.05, 0.1) is 30.2 Å². The van der Waals surface area contributed by atoms with Crippen LogP contribution in [0.15, 0.2) is 41.6 Å². The molecule has 8 N–H and O–H groups in total. The summed E-state index contributed by atoms with van der Waals surface area (Å²) in [5.74, 6) is 3.04. The first-order valence-corrected chi connectivity index (χ1v) is 16.8. The Balaban J connectivity index is 0.000000237. The number of carboxylic acids is 1. The summed E-state index contributed by atoms with van der Waals surface area (Å²) in [4.78, 5) is 42.6. The van der Waals surface area contributed by atoms with Crippen LogP contribution in [-0.4, -0.2) is 120 Å². The lowest BCUT2D eigenvalue weighted by Crippen LogP contribution is -2.45. The van der Waals surface area contributed by atoms with Crippen LogP contribution in [0.1, 0.15) is 60.4 Å². The van der Waals surface area contributed by atoms with Crippen molar-refractivity contribution in [3.05, 3.63) is 64.0 Å². The monoisotopic (exact) mass is 702 g/mol. The van der Waals surface area contributed by atoms with E-state index in [1.165, 1.54) is 18.6 Å². The van der Waals surface area contributed by atoms with Crippen molar-refractivity contribution in [2.24, 2.45) is 5.84 Å². The number of benzene rings is 1. The molecule has 0 unspecified atom stereocenters. The molecule has 1 aromatic carbocycles. The van der Waals surface area contributed by atoms with Crippen molar-refractivity contribution in [3.63, 3.8) is 0 Å². The van der Waals surface area contributed by atoms with Gasteiger partial charge in [0.15, 0.2) is 11.6 Å². The fourth-order valence-electron chi connectivity index (χ4n) is 5.50. The van der Waals surface area contributed by atoms with E-state index in [9.17, 15) is 23.9 Å². The van der Waals surface area contributed by atoms with Gasteiger partial charge >= 0.3 is 5.97 Å². The minimum atomic E-state index is -1.32. The third-order valence-corrected chi connectivity index (χ3v) is 8.68. The second-order valence-corrected chi connectivity index (χ2v) is 12.2. The second kappa shape index (κ2) is 19.9. The Labute approximate surface area is 291 Å². The fraction of sp³-hybridized carbons (Fsp3) is 0.529. The zero-order valence-electron chi connectivity index (χ0n) is 29.2. The predicted molar refractivity (Wildman–Crippen MR) is 189 cm³/mol. The second-order valence-electron chi connectivity index (χ2n) is 12.2. The van der Waals surface area contributed by atoms with E-state index in [0.29, 0.717) is 35.6 Å². The smallest absolute Gasteiger partial charge is 0.341 e. The number of nitrogen functional groups attached to an aromatic ring is 1. The van der Waals surface area contributed by atoms with Crippen LogP contribution in [0.25, 0.3) is 10.9 Å². The normalized spacial score (nSPS) is 16.6. The molecule has 3 atom stereocenters. The van der Waals surface area contributed by atoms with Gasteiger partial charge in [-0.2, -0.15) is 0 Å². The average molecular weight is 703 g/mol. The van der Waals surface area contributed by atoms with Crippen molar-refractivity contribution >= 4 is 28.5 Å². The van der Waals surface area contributed by atoms with E-state index in [-0.39, 0.29) is 54.8 Å². The Morgan fingerprint density at radius 2 is 1.64 bits per heavy atom. The largest absolute Gasteiger partial charge is 0.487 e. The molecule has 5 rings (SSSR count). The molecule has 2 aliphatic rings. The number of nitrogens with one attached hydrogen (secondary N) is 3. The maximum atomic E-state index is 15.0. The number of carbonyl (C=O) groups excluding carboxylic acids is 1. The zero-order valence-corrected chi connectivity index (χ0v) is 29.2. The molecular formula is C34H51FN8O7. The molecule has 50 heavy (non-hydrogen) atoms. The number of amides is 1. The summed E-state index contributed by atoms with van der Waals surface area (Å²) in [6.07, 6.45) is 6.28. The summed E-state index contributed by atoms with van der Waals surface area (Å²) in [6.45, 7) is 11.2. The van der Waals surface area contributed by atoms with Crippen molar-refractivity contribution in [2.45, 2.75) is 51.7 Å². The van der Waals surface area contributed by atoms with Crippen LogP contribution in [0, 0.1) is 5.82 Å². The number of piperazine rings is 1. The first-order valence-electron chi connectivity index (χ1n) is 16.8. The molecule has 1 amide bonds. The van der Waals surface area contributed by atoms with E-state index in [1.54, 1.807) is 16.7 Å². The molecule has 0 aliphatic carbocycles. The van der Waals surface area contributed by atoms with Crippen molar-refractivity contribution in [2.75, 3.05) is 71.0 Å². The van der Waals surface area contributed by atoms with Crippen molar-refractivity contribution in [1.82, 2.24) is 30.5 Å². The number of halogens is 1. The number of aliphatic hydroxyl groups is 2.